The second-order valence-corrected chi connectivity index (χ2v) is 4.80. The highest BCUT2D eigenvalue weighted by Crippen LogP contribution is 2.14. The number of rotatable bonds is 7. The van der Waals surface area contributed by atoms with Gasteiger partial charge >= 0.3 is 5.69 Å². The zero-order valence-corrected chi connectivity index (χ0v) is 12.1. The van der Waals surface area contributed by atoms with E-state index in [1.165, 1.54) is 5.56 Å². The molecule has 20 heavy (non-hydrogen) atoms. The summed E-state index contributed by atoms with van der Waals surface area (Å²) in [6, 6.07) is 8.07. The standard InChI is InChI=1S/C15H21N3O2/c1-3-10-18-14(16-17-15(18)19)9-5-7-12-6-4-8-13(11-12)20-2/h4,6,8,11H,3,5,7,9-10H2,1-2H3,(H,17,19). The number of nitrogens with one attached hydrogen (secondary N) is 1. The number of aryl methyl sites for hydroxylation is 2. The minimum atomic E-state index is -0.108. The first-order chi connectivity index (χ1) is 9.74. The summed E-state index contributed by atoms with van der Waals surface area (Å²) in [5.74, 6) is 1.73. The summed E-state index contributed by atoms with van der Waals surface area (Å²) in [6.45, 7) is 2.78. The molecule has 0 spiro atoms. The first-order valence-electron chi connectivity index (χ1n) is 7.01. The monoisotopic (exact) mass is 275 g/mol. The van der Waals surface area contributed by atoms with Crippen LogP contribution in [-0.2, 0) is 19.4 Å². The molecule has 2 aromatic rings. The van der Waals surface area contributed by atoms with Crippen molar-refractivity contribution in [3.8, 4) is 5.75 Å². The second-order valence-electron chi connectivity index (χ2n) is 4.80. The molecule has 5 heteroatoms. The van der Waals surface area contributed by atoms with Gasteiger partial charge in [0, 0.05) is 13.0 Å². The van der Waals surface area contributed by atoms with E-state index in [1.54, 1.807) is 11.7 Å². The largest absolute Gasteiger partial charge is 0.497 e. The van der Waals surface area contributed by atoms with Gasteiger partial charge < -0.3 is 4.74 Å². The number of ether oxygens (including phenoxy) is 1. The van der Waals surface area contributed by atoms with Crippen LogP contribution in [0.3, 0.4) is 0 Å². The number of aromatic amines is 1. The molecule has 0 saturated carbocycles. The summed E-state index contributed by atoms with van der Waals surface area (Å²) in [7, 11) is 1.67. The molecule has 0 aliphatic rings. The number of aromatic nitrogens is 3. The van der Waals surface area contributed by atoms with Gasteiger partial charge in [-0.1, -0.05) is 19.1 Å². The highest BCUT2D eigenvalue weighted by Gasteiger charge is 2.07. The Bertz CT molecular complexity index is 601. The van der Waals surface area contributed by atoms with Crippen molar-refractivity contribution in [3.05, 3.63) is 46.1 Å². The van der Waals surface area contributed by atoms with Gasteiger partial charge in [-0.3, -0.25) is 4.57 Å². The molecule has 0 aliphatic carbocycles. The maximum atomic E-state index is 11.6. The summed E-state index contributed by atoms with van der Waals surface area (Å²) < 4.78 is 6.94. The van der Waals surface area contributed by atoms with Crippen LogP contribution >= 0.6 is 0 Å². The molecule has 2 rings (SSSR count). The Morgan fingerprint density at radius 1 is 1.35 bits per heavy atom. The van der Waals surface area contributed by atoms with Gasteiger partial charge in [-0.05, 0) is 37.0 Å². The van der Waals surface area contributed by atoms with Crippen molar-refractivity contribution in [1.82, 2.24) is 14.8 Å². The summed E-state index contributed by atoms with van der Waals surface area (Å²) in [6.07, 6.45) is 3.64. The summed E-state index contributed by atoms with van der Waals surface area (Å²) in [5, 5.41) is 6.63. The quantitative estimate of drug-likeness (QED) is 0.842. The van der Waals surface area contributed by atoms with Crippen LogP contribution < -0.4 is 10.4 Å². The SMILES string of the molecule is CCCn1c(CCCc2cccc(OC)c2)n[nH]c1=O. The fourth-order valence-corrected chi connectivity index (χ4v) is 2.27. The Hall–Kier alpha value is -2.04. The third-order valence-electron chi connectivity index (χ3n) is 3.28. The summed E-state index contributed by atoms with van der Waals surface area (Å²) in [4.78, 5) is 11.6. The minimum Gasteiger partial charge on any atom is -0.497 e. The van der Waals surface area contributed by atoms with Crippen LogP contribution in [0.4, 0.5) is 0 Å². The molecule has 1 heterocycles. The number of hydrogen-bond donors (Lipinski definition) is 1. The molecule has 0 fully saturated rings. The third-order valence-corrected chi connectivity index (χ3v) is 3.28. The fraction of sp³-hybridized carbons (Fsp3) is 0.467. The van der Waals surface area contributed by atoms with E-state index in [-0.39, 0.29) is 5.69 Å². The lowest BCUT2D eigenvalue weighted by molar-refractivity contribution is 0.414. The second kappa shape index (κ2) is 6.93. The van der Waals surface area contributed by atoms with Gasteiger partial charge in [0.05, 0.1) is 7.11 Å². The lowest BCUT2D eigenvalue weighted by atomic mass is 10.1. The maximum Gasteiger partial charge on any atom is 0.343 e. The Morgan fingerprint density at radius 2 is 2.20 bits per heavy atom. The van der Waals surface area contributed by atoms with E-state index in [0.29, 0.717) is 0 Å². The Labute approximate surface area is 118 Å². The average molecular weight is 275 g/mol. The predicted molar refractivity (Wildman–Crippen MR) is 78.2 cm³/mol. The van der Waals surface area contributed by atoms with Gasteiger partial charge in [0.15, 0.2) is 0 Å². The molecule has 0 atom stereocenters. The molecule has 0 radical (unpaired) electrons. The molecule has 1 N–H and O–H groups in total. The van der Waals surface area contributed by atoms with Gasteiger partial charge in [0.25, 0.3) is 0 Å². The van der Waals surface area contributed by atoms with Crippen molar-refractivity contribution in [3.63, 3.8) is 0 Å². The fourth-order valence-electron chi connectivity index (χ4n) is 2.27. The van der Waals surface area contributed by atoms with Gasteiger partial charge in [-0.25, -0.2) is 9.89 Å². The number of hydrogen-bond acceptors (Lipinski definition) is 3. The summed E-state index contributed by atoms with van der Waals surface area (Å²) >= 11 is 0. The molecule has 1 aromatic carbocycles. The molecule has 5 nitrogen and oxygen atoms in total. The predicted octanol–water partition coefficient (Wildman–Crippen LogP) is 2.17. The van der Waals surface area contributed by atoms with Crippen LogP contribution in [-0.4, -0.2) is 21.9 Å². The molecular weight excluding hydrogens is 254 g/mol. The van der Waals surface area contributed by atoms with Crippen molar-refractivity contribution >= 4 is 0 Å². The molecule has 0 saturated heterocycles. The molecule has 0 bridgehead atoms. The molecule has 0 unspecified atom stereocenters. The lowest BCUT2D eigenvalue weighted by Crippen LogP contribution is -2.18. The van der Waals surface area contributed by atoms with Crippen molar-refractivity contribution in [1.29, 1.82) is 0 Å². The third kappa shape index (κ3) is 3.50. The molecule has 108 valence electrons. The summed E-state index contributed by atoms with van der Waals surface area (Å²) in [5.41, 5.74) is 1.13. The number of benzene rings is 1. The smallest absolute Gasteiger partial charge is 0.343 e. The Kier molecular flexibility index (Phi) is 4.98. The van der Waals surface area contributed by atoms with Crippen LogP contribution in [0.25, 0.3) is 0 Å². The molecule has 0 aliphatic heterocycles. The van der Waals surface area contributed by atoms with Crippen LogP contribution in [0.2, 0.25) is 0 Å². The van der Waals surface area contributed by atoms with E-state index in [4.69, 9.17) is 4.74 Å². The zero-order valence-electron chi connectivity index (χ0n) is 12.1. The maximum absolute atomic E-state index is 11.6. The highest BCUT2D eigenvalue weighted by atomic mass is 16.5. The van der Waals surface area contributed by atoms with E-state index in [1.807, 2.05) is 18.2 Å². The lowest BCUT2D eigenvalue weighted by Gasteiger charge is -2.05. The molecule has 0 amide bonds. The van der Waals surface area contributed by atoms with Gasteiger partial charge in [-0.2, -0.15) is 5.10 Å². The first-order valence-corrected chi connectivity index (χ1v) is 7.01. The highest BCUT2D eigenvalue weighted by molar-refractivity contribution is 5.28. The number of H-pyrrole nitrogens is 1. The van der Waals surface area contributed by atoms with Crippen molar-refractivity contribution in [2.24, 2.45) is 0 Å². The van der Waals surface area contributed by atoms with Crippen LogP contribution in [0.5, 0.6) is 5.75 Å². The van der Waals surface area contributed by atoms with Gasteiger partial charge in [-0.15, -0.1) is 0 Å². The van der Waals surface area contributed by atoms with Crippen LogP contribution in [0.15, 0.2) is 29.1 Å². The topological polar surface area (TPSA) is 59.9 Å². The number of methoxy groups -OCH3 is 1. The van der Waals surface area contributed by atoms with E-state index < -0.39 is 0 Å². The van der Waals surface area contributed by atoms with E-state index in [2.05, 4.69) is 23.2 Å². The number of nitrogens with zero attached hydrogens (tertiary/aromatic N) is 2. The normalized spacial score (nSPS) is 10.7. The Balaban J connectivity index is 1.94. The zero-order chi connectivity index (χ0) is 14.4. The molecular formula is C15H21N3O2. The van der Waals surface area contributed by atoms with Crippen LogP contribution in [0, 0.1) is 0 Å². The minimum absolute atomic E-state index is 0.108. The van der Waals surface area contributed by atoms with Crippen molar-refractivity contribution in [2.45, 2.75) is 39.2 Å². The van der Waals surface area contributed by atoms with Gasteiger partial charge in [0.1, 0.15) is 11.6 Å². The van der Waals surface area contributed by atoms with E-state index in [9.17, 15) is 4.79 Å². The van der Waals surface area contributed by atoms with Crippen LogP contribution in [0.1, 0.15) is 31.2 Å². The Morgan fingerprint density at radius 3 is 2.95 bits per heavy atom. The first kappa shape index (κ1) is 14.4. The average Bonchev–Trinajstić information content (AvgIpc) is 2.81. The van der Waals surface area contributed by atoms with E-state index in [0.717, 1.165) is 43.8 Å². The van der Waals surface area contributed by atoms with Crippen molar-refractivity contribution in [2.75, 3.05) is 7.11 Å². The van der Waals surface area contributed by atoms with Gasteiger partial charge in [0.2, 0.25) is 0 Å². The van der Waals surface area contributed by atoms with Crippen molar-refractivity contribution < 1.29 is 4.74 Å². The molecule has 1 aromatic heterocycles. The van der Waals surface area contributed by atoms with E-state index >= 15 is 0 Å².